The summed E-state index contributed by atoms with van der Waals surface area (Å²) < 4.78 is 6.64. The van der Waals surface area contributed by atoms with E-state index in [-0.39, 0.29) is 6.17 Å². The predicted octanol–water partition coefficient (Wildman–Crippen LogP) is 14.5. The molecule has 0 radical (unpaired) electrons. The van der Waals surface area contributed by atoms with E-state index in [2.05, 4.69) is 206 Å². The molecule has 4 heteroatoms. The first-order chi connectivity index (χ1) is 30.2. The van der Waals surface area contributed by atoms with E-state index < -0.39 is 0 Å². The van der Waals surface area contributed by atoms with Gasteiger partial charge in [0.15, 0.2) is 5.84 Å². The Labute approximate surface area is 352 Å². The van der Waals surface area contributed by atoms with E-state index in [1.807, 2.05) is 12.1 Å². The van der Waals surface area contributed by atoms with Gasteiger partial charge < -0.3 is 9.73 Å². The van der Waals surface area contributed by atoms with E-state index in [4.69, 9.17) is 14.4 Å². The maximum absolute atomic E-state index is 6.64. The van der Waals surface area contributed by atoms with Crippen LogP contribution in [0.1, 0.15) is 22.9 Å². The third-order valence-corrected chi connectivity index (χ3v) is 12.1. The van der Waals surface area contributed by atoms with Crippen LogP contribution < -0.4 is 5.32 Å². The number of fused-ring (bicyclic) bond motifs is 6. The lowest BCUT2D eigenvalue weighted by Gasteiger charge is -2.24. The second kappa shape index (κ2) is 14.3. The van der Waals surface area contributed by atoms with Crippen LogP contribution in [-0.2, 0) is 0 Å². The van der Waals surface area contributed by atoms with Gasteiger partial charge in [-0.05, 0) is 108 Å². The topological polar surface area (TPSA) is 49.9 Å². The smallest absolute Gasteiger partial charge is 0.160 e. The molecule has 286 valence electrons. The molecule has 0 bridgehead atoms. The summed E-state index contributed by atoms with van der Waals surface area (Å²) in [4.78, 5) is 10.6. The molecule has 0 saturated carbocycles. The number of nitrogens with zero attached hydrogens (tertiary/aromatic N) is 2. The van der Waals surface area contributed by atoms with Crippen LogP contribution in [-0.4, -0.2) is 11.7 Å². The van der Waals surface area contributed by atoms with E-state index >= 15 is 0 Å². The highest BCUT2D eigenvalue weighted by Gasteiger charge is 2.24. The number of hydrogen-bond donors (Lipinski definition) is 1. The average molecular weight is 780 g/mol. The van der Waals surface area contributed by atoms with Crippen molar-refractivity contribution in [1.82, 2.24) is 5.32 Å². The monoisotopic (exact) mass is 779 g/mol. The van der Waals surface area contributed by atoms with Gasteiger partial charge in [-0.3, -0.25) is 0 Å². The molecule has 1 aromatic heterocycles. The third-order valence-electron chi connectivity index (χ3n) is 12.1. The molecule has 12 rings (SSSR count). The lowest BCUT2D eigenvalue weighted by atomic mass is 9.96. The number of hydrogen-bond acceptors (Lipinski definition) is 4. The van der Waals surface area contributed by atoms with Crippen LogP contribution >= 0.6 is 0 Å². The highest BCUT2D eigenvalue weighted by atomic mass is 16.3. The van der Waals surface area contributed by atoms with Gasteiger partial charge in [0.2, 0.25) is 0 Å². The fourth-order valence-electron chi connectivity index (χ4n) is 8.97. The van der Waals surface area contributed by atoms with Crippen molar-refractivity contribution in [1.29, 1.82) is 0 Å². The summed E-state index contributed by atoms with van der Waals surface area (Å²) in [5.74, 6) is 1.44. The Morgan fingerprint density at radius 3 is 1.80 bits per heavy atom. The number of amidine groups is 2. The first kappa shape index (κ1) is 34.9. The van der Waals surface area contributed by atoms with Crippen molar-refractivity contribution < 1.29 is 4.42 Å². The van der Waals surface area contributed by atoms with Crippen LogP contribution in [0.15, 0.2) is 227 Å². The van der Waals surface area contributed by atoms with E-state index in [1.54, 1.807) is 0 Å². The first-order valence-corrected chi connectivity index (χ1v) is 20.7. The Bertz CT molecular complexity index is 3560. The van der Waals surface area contributed by atoms with Crippen LogP contribution in [0, 0.1) is 0 Å². The highest BCUT2D eigenvalue weighted by Crippen LogP contribution is 2.37. The second-order valence-electron chi connectivity index (χ2n) is 15.8. The van der Waals surface area contributed by atoms with Gasteiger partial charge in [0.05, 0.1) is 0 Å². The largest absolute Gasteiger partial charge is 0.456 e. The molecule has 4 nitrogen and oxygen atoms in total. The molecule has 1 aliphatic rings. The molecular formula is C57H37N3O. The van der Waals surface area contributed by atoms with Gasteiger partial charge in [-0.15, -0.1) is 0 Å². The van der Waals surface area contributed by atoms with Crippen molar-refractivity contribution in [2.45, 2.75) is 6.17 Å². The molecule has 1 aliphatic heterocycles. The summed E-state index contributed by atoms with van der Waals surface area (Å²) in [7, 11) is 0. The van der Waals surface area contributed by atoms with Gasteiger partial charge >= 0.3 is 0 Å². The van der Waals surface area contributed by atoms with Gasteiger partial charge in [0, 0.05) is 21.9 Å². The molecule has 2 heterocycles. The Balaban J connectivity index is 0.941. The van der Waals surface area contributed by atoms with Gasteiger partial charge in [-0.2, -0.15) is 0 Å². The number of nitrogens with one attached hydrogen (secondary N) is 1. The van der Waals surface area contributed by atoms with Crippen molar-refractivity contribution in [2.24, 2.45) is 9.98 Å². The van der Waals surface area contributed by atoms with Crippen molar-refractivity contribution in [3.63, 3.8) is 0 Å². The van der Waals surface area contributed by atoms with E-state index in [9.17, 15) is 0 Å². The summed E-state index contributed by atoms with van der Waals surface area (Å²) in [6.45, 7) is 0. The van der Waals surface area contributed by atoms with E-state index in [0.717, 1.165) is 61.0 Å². The van der Waals surface area contributed by atoms with Gasteiger partial charge in [0.25, 0.3) is 0 Å². The maximum Gasteiger partial charge on any atom is 0.160 e. The third kappa shape index (κ3) is 6.25. The fourth-order valence-corrected chi connectivity index (χ4v) is 8.97. The van der Waals surface area contributed by atoms with Crippen LogP contribution in [0.2, 0.25) is 0 Å². The molecular weight excluding hydrogens is 743 g/mol. The molecule has 0 amide bonds. The minimum absolute atomic E-state index is 0.368. The predicted molar refractivity (Wildman–Crippen MR) is 254 cm³/mol. The van der Waals surface area contributed by atoms with Crippen LogP contribution in [0.5, 0.6) is 0 Å². The lowest BCUT2D eigenvalue weighted by Crippen LogP contribution is -2.33. The zero-order chi connectivity index (χ0) is 40.3. The summed E-state index contributed by atoms with van der Waals surface area (Å²) in [5.41, 5.74) is 11.7. The van der Waals surface area contributed by atoms with E-state index in [1.165, 1.54) is 49.2 Å². The Morgan fingerprint density at radius 2 is 0.967 bits per heavy atom. The molecule has 0 fully saturated rings. The molecule has 0 aliphatic carbocycles. The van der Waals surface area contributed by atoms with Gasteiger partial charge in [-0.25, -0.2) is 9.98 Å². The highest BCUT2D eigenvalue weighted by molar-refractivity contribution is 6.22. The second-order valence-corrected chi connectivity index (χ2v) is 15.8. The summed E-state index contributed by atoms with van der Waals surface area (Å²) in [5, 5.41) is 13.0. The molecule has 61 heavy (non-hydrogen) atoms. The zero-order valence-corrected chi connectivity index (χ0v) is 33.1. The molecule has 11 aromatic rings. The summed E-state index contributed by atoms with van der Waals surface area (Å²) >= 11 is 0. The Morgan fingerprint density at radius 1 is 0.377 bits per heavy atom. The number of aliphatic imine (C=N–C) groups is 2. The van der Waals surface area contributed by atoms with Crippen LogP contribution in [0.25, 0.3) is 87.6 Å². The standard InChI is InChI=1S/C57H37N3O/c1-2-10-36(11-3-1)42-25-26-44-33-45(28-27-43(44)32-42)46-30-31-50-53(35-46)61-52-19-9-18-51(54(50)52)57-59-55(58-56(60-57)47-29-20-37-12-4-5-14-41(37)34-47)40-23-21-39(22-24-40)49-17-8-15-38-13-6-7-16-48(38)49/h1-35,55H,(H,58,59,60). The minimum atomic E-state index is -0.368. The zero-order valence-electron chi connectivity index (χ0n) is 33.1. The van der Waals surface area contributed by atoms with Gasteiger partial charge in [0.1, 0.15) is 23.2 Å². The van der Waals surface area contributed by atoms with Crippen LogP contribution in [0.4, 0.5) is 0 Å². The lowest BCUT2D eigenvalue weighted by molar-refractivity contribution is 0.668. The summed E-state index contributed by atoms with van der Waals surface area (Å²) in [6.07, 6.45) is -0.368. The normalized spacial score (nSPS) is 14.1. The number of rotatable bonds is 6. The first-order valence-electron chi connectivity index (χ1n) is 20.7. The SMILES string of the molecule is c1ccc(-c2ccc3cc(-c4ccc5c(c4)oc4cccc(C6=NC(c7ccc(-c8cccc9ccccc89)cc7)NC(c7ccc8ccccc8c7)=N6)c45)ccc3c2)cc1. The molecule has 1 atom stereocenters. The number of benzene rings is 10. The molecule has 10 aromatic carbocycles. The Hall–Kier alpha value is -8.08. The Kier molecular flexibility index (Phi) is 8.20. The molecule has 0 spiro atoms. The minimum Gasteiger partial charge on any atom is -0.456 e. The summed E-state index contributed by atoms with van der Waals surface area (Å²) in [6, 6.07) is 75.4. The molecule has 1 unspecified atom stereocenters. The number of furan rings is 1. The van der Waals surface area contributed by atoms with Gasteiger partial charge in [-0.1, -0.05) is 176 Å². The van der Waals surface area contributed by atoms with Crippen molar-refractivity contribution in [2.75, 3.05) is 0 Å². The maximum atomic E-state index is 6.64. The quantitative estimate of drug-likeness (QED) is 0.183. The molecule has 1 N–H and O–H groups in total. The molecule has 0 saturated heterocycles. The van der Waals surface area contributed by atoms with Crippen molar-refractivity contribution in [3.05, 3.63) is 229 Å². The average Bonchev–Trinajstić information content (AvgIpc) is 3.72. The fraction of sp³-hybridized carbons (Fsp3) is 0.0175. The van der Waals surface area contributed by atoms with E-state index in [0.29, 0.717) is 5.84 Å². The van der Waals surface area contributed by atoms with Crippen molar-refractivity contribution in [3.8, 4) is 33.4 Å². The van der Waals surface area contributed by atoms with Crippen LogP contribution in [0.3, 0.4) is 0 Å². The van der Waals surface area contributed by atoms with Crippen molar-refractivity contribution >= 4 is 65.9 Å².